The van der Waals surface area contributed by atoms with Gasteiger partial charge in [-0.25, -0.2) is 0 Å². The molecule has 7 nitrogen and oxygen atoms in total. The van der Waals surface area contributed by atoms with Gasteiger partial charge in [0.15, 0.2) is 11.5 Å². The molecule has 0 amide bonds. The van der Waals surface area contributed by atoms with Crippen LogP contribution in [-0.2, 0) is 17.5 Å². The van der Waals surface area contributed by atoms with Crippen molar-refractivity contribution in [2.24, 2.45) is 0 Å². The molecule has 3 heterocycles. The molecule has 35 heavy (non-hydrogen) atoms. The van der Waals surface area contributed by atoms with E-state index in [0.29, 0.717) is 30.2 Å². The van der Waals surface area contributed by atoms with Gasteiger partial charge in [0.05, 0.1) is 36.8 Å². The Morgan fingerprint density at radius 2 is 1.91 bits per heavy atom. The molecule has 0 radical (unpaired) electrons. The molecular weight excluding hydrogens is 467 g/mol. The van der Waals surface area contributed by atoms with Gasteiger partial charge in [0, 0.05) is 19.7 Å². The third kappa shape index (κ3) is 4.32. The predicted octanol–water partition coefficient (Wildman–Crippen LogP) is 4.83. The van der Waals surface area contributed by atoms with Crippen molar-refractivity contribution < 1.29 is 36.5 Å². The van der Waals surface area contributed by atoms with Crippen molar-refractivity contribution in [1.29, 1.82) is 0 Å². The number of hydrogen-bond acceptors (Lipinski definition) is 7. The molecular formula is C25H24F3NO6. The van der Waals surface area contributed by atoms with Gasteiger partial charge in [-0.2, -0.15) is 13.2 Å². The first-order valence-corrected chi connectivity index (χ1v) is 11.2. The molecule has 186 valence electrons. The average molecular weight is 491 g/mol. The topological polar surface area (TPSA) is 70.4 Å². The standard InChI is InChI=1S/C25H24F3NO6/c1-31-19-7-5-14(10-20(19)32-2)21-22(30)16-6-8-18-17(23(16)35-24(21)25(26,27)28)12-29(13-34-18)11-15-4-3-9-33-15/h5-8,10,15H,3-4,9,11-13H2,1-2H3. The Morgan fingerprint density at radius 3 is 2.60 bits per heavy atom. The van der Waals surface area contributed by atoms with Gasteiger partial charge in [0.2, 0.25) is 11.2 Å². The van der Waals surface area contributed by atoms with Crippen LogP contribution in [0, 0.1) is 0 Å². The van der Waals surface area contributed by atoms with Crippen molar-refractivity contribution in [3.8, 4) is 28.4 Å². The first-order valence-electron chi connectivity index (χ1n) is 11.2. The predicted molar refractivity (Wildman–Crippen MR) is 121 cm³/mol. The van der Waals surface area contributed by atoms with E-state index in [1.807, 2.05) is 4.90 Å². The van der Waals surface area contributed by atoms with E-state index < -0.39 is 22.9 Å². The molecule has 0 aliphatic carbocycles. The fourth-order valence-corrected chi connectivity index (χ4v) is 4.66. The quantitative estimate of drug-likeness (QED) is 0.507. The number of halogens is 3. The fraction of sp³-hybridized carbons (Fsp3) is 0.400. The van der Waals surface area contributed by atoms with Crippen molar-refractivity contribution in [3.05, 3.63) is 51.9 Å². The summed E-state index contributed by atoms with van der Waals surface area (Å²) in [6.45, 7) is 1.83. The summed E-state index contributed by atoms with van der Waals surface area (Å²) in [6.07, 6.45) is -2.97. The van der Waals surface area contributed by atoms with Crippen LogP contribution in [0.25, 0.3) is 22.1 Å². The van der Waals surface area contributed by atoms with Crippen LogP contribution in [-0.4, -0.2) is 45.1 Å². The van der Waals surface area contributed by atoms with Gasteiger partial charge in [-0.3, -0.25) is 9.69 Å². The van der Waals surface area contributed by atoms with Crippen LogP contribution in [0.2, 0.25) is 0 Å². The molecule has 0 N–H and O–H groups in total. The van der Waals surface area contributed by atoms with Gasteiger partial charge < -0.3 is 23.4 Å². The van der Waals surface area contributed by atoms with E-state index in [-0.39, 0.29) is 41.7 Å². The summed E-state index contributed by atoms with van der Waals surface area (Å²) in [7, 11) is 2.78. The lowest BCUT2D eigenvalue weighted by molar-refractivity contribution is -0.152. The number of hydrogen-bond donors (Lipinski definition) is 0. The molecule has 2 aliphatic heterocycles. The first kappa shape index (κ1) is 23.5. The Kier molecular flexibility index (Phi) is 6.10. The summed E-state index contributed by atoms with van der Waals surface area (Å²) in [4.78, 5) is 15.4. The molecule has 1 unspecified atom stereocenters. The zero-order chi connectivity index (χ0) is 24.7. The molecule has 1 atom stereocenters. The van der Waals surface area contributed by atoms with E-state index in [1.54, 1.807) is 6.07 Å². The van der Waals surface area contributed by atoms with Gasteiger partial charge in [0.1, 0.15) is 18.1 Å². The molecule has 1 fully saturated rings. The maximum atomic E-state index is 14.2. The Labute approximate surface area is 198 Å². The van der Waals surface area contributed by atoms with Crippen LogP contribution in [0.15, 0.2) is 39.5 Å². The van der Waals surface area contributed by atoms with Crippen molar-refractivity contribution in [1.82, 2.24) is 4.90 Å². The maximum absolute atomic E-state index is 14.2. The highest BCUT2D eigenvalue weighted by molar-refractivity contribution is 5.87. The smallest absolute Gasteiger partial charge is 0.450 e. The van der Waals surface area contributed by atoms with Crippen LogP contribution < -0.4 is 19.6 Å². The highest BCUT2D eigenvalue weighted by Crippen LogP contribution is 2.41. The zero-order valence-corrected chi connectivity index (χ0v) is 19.2. The van der Waals surface area contributed by atoms with Crippen molar-refractivity contribution >= 4 is 11.0 Å². The summed E-state index contributed by atoms with van der Waals surface area (Å²) in [5.74, 6) is -0.447. The number of ether oxygens (including phenoxy) is 4. The summed E-state index contributed by atoms with van der Waals surface area (Å²) in [5, 5.41) is 0.0455. The Bertz CT molecular complexity index is 1310. The van der Waals surface area contributed by atoms with Crippen LogP contribution in [0.4, 0.5) is 13.2 Å². The zero-order valence-electron chi connectivity index (χ0n) is 19.2. The molecule has 1 saturated heterocycles. The number of rotatable bonds is 5. The number of benzene rings is 2. The lowest BCUT2D eigenvalue weighted by Crippen LogP contribution is -2.37. The van der Waals surface area contributed by atoms with Crippen LogP contribution in [0.5, 0.6) is 17.2 Å². The Hall–Kier alpha value is -3.24. The van der Waals surface area contributed by atoms with E-state index in [4.69, 9.17) is 23.4 Å². The van der Waals surface area contributed by atoms with Gasteiger partial charge in [-0.15, -0.1) is 0 Å². The minimum Gasteiger partial charge on any atom is -0.493 e. The van der Waals surface area contributed by atoms with E-state index in [1.165, 1.54) is 38.5 Å². The molecule has 2 aliphatic rings. The molecule has 0 bridgehead atoms. The molecule has 1 aromatic heterocycles. The van der Waals surface area contributed by atoms with E-state index in [2.05, 4.69) is 0 Å². The molecule has 3 aromatic rings. The second-order valence-corrected chi connectivity index (χ2v) is 8.54. The lowest BCUT2D eigenvalue weighted by Gasteiger charge is -2.31. The summed E-state index contributed by atoms with van der Waals surface area (Å²) in [6, 6.07) is 7.20. The number of fused-ring (bicyclic) bond motifs is 3. The normalized spacial score (nSPS) is 18.4. The highest BCUT2D eigenvalue weighted by Gasteiger charge is 2.40. The van der Waals surface area contributed by atoms with Gasteiger partial charge >= 0.3 is 6.18 Å². The van der Waals surface area contributed by atoms with E-state index in [0.717, 1.165) is 12.8 Å². The Balaban J connectivity index is 1.66. The highest BCUT2D eigenvalue weighted by atomic mass is 19.4. The summed E-state index contributed by atoms with van der Waals surface area (Å²) in [5.41, 5.74) is -1.07. The van der Waals surface area contributed by atoms with Crippen LogP contribution >= 0.6 is 0 Å². The maximum Gasteiger partial charge on any atom is 0.450 e. The van der Waals surface area contributed by atoms with Crippen LogP contribution in [0.1, 0.15) is 24.2 Å². The lowest BCUT2D eigenvalue weighted by atomic mass is 9.99. The number of alkyl halides is 3. The third-order valence-electron chi connectivity index (χ3n) is 6.32. The first-order chi connectivity index (χ1) is 16.8. The van der Waals surface area contributed by atoms with Crippen LogP contribution in [0.3, 0.4) is 0 Å². The van der Waals surface area contributed by atoms with Crippen molar-refractivity contribution in [2.75, 3.05) is 34.1 Å². The second kappa shape index (κ2) is 9.09. The summed E-state index contributed by atoms with van der Waals surface area (Å²) >= 11 is 0. The molecule has 2 aromatic carbocycles. The molecule has 0 spiro atoms. The fourth-order valence-electron chi connectivity index (χ4n) is 4.66. The van der Waals surface area contributed by atoms with Gasteiger partial charge in [-0.05, 0) is 42.7 Å². The molecule has 0 saturated carbocycles. The van der Waals surface area contributed by atoms with E-state index in [9.17, 15) is 18.0 Å². The average Bonchev–Trinajstić information content (AvgIpc) is 3.35. The number of methoxy groups -OCH3 is 2. The van der Waals surface area contributed by atoms with Crippen molar-refractivity contribution in [3.63, 3.8) is 0 Å². The molecule has 10 heteroatoms. The monoisotopic (exact) mass is 491 g/mol. The minimum absolute atomic E-state index is 0.0135. The van der Waals surface area contributed by atoms with Gasteiger partial charge in [-0.1, -0.05) is 6.07 Å². The van der Waals surface area contributed by atoms with Crippen molar-refractivity contribution in [2.45, 2.75) is 31.7 Å². The SMILES string of the molecule is COc1ccc(-c2c(C(F)(F)F)oc3c4c(ccc3c2=O)OCN(CC2CCCO2)C4)cc1OC. The molecule has 5 rings (SSSR count). The van der Waals surface area contributed by atoms with Gasteiger partial charge in [0.25, 0.3) is 0 Å². The van der Waals surface area contributed by atoms with E-state index >= 15 is 0 Å². The second-order valence-electron chi connectivity index (χ2n) is 8.54. The summed E-state index contributed by atoms with van der Waals surface area (Å²) < 4.78 is 70.0. The minimum atomic E-state index is -4.91. The number of nitrogens with zero attached hydrogens (tertiary/aromatic N) is 1. The Morgan fingerprint density at radius 1 is 1.11 bits per heavy atom. The largest absolute Gasteiger partial charge is 0.493 e. The third-order valence-corrected chi connectivity index (χ3v) is 6.32.